The topological polar surface area (TPSA) is 30.2 Å². The first-order valence-electron chi connectivity index (χ1n) is 4.31. The molecule has 5 heteroatoms. The minimum absolute atomic E-state index is 0.111. The van der Waals surface area contributed by atoms with Crippen molar-refractivity contribution in [3.05, 3.63) is 58.0 Å². The highest BCUT2D eigenvalue weighted by atomic mass is 79.9. The molecule has 0 saturated carbocycles. The zero-order chi connectivity index (χ0) is 11.7. The first kappa shape index (κ1) is 11.0. The average Bonchev–Trinajstić information content (AvgIpc) is 2.67. The first-order valence-corrected chi connectivity index (χ1v) is 5.10. The monoisotopic (exact) mass is 286 g/mol. The van der Waals surface area contributed by atoms with Crippen LogP contribution in [-0.2, 0) is 0 Å². The summed E-state index contributed by atoms with van der Waals surface area (Å²) in [5, 5.41) is 0. The van der Waals surface area contributed by atoms with Crippen LogP contribution in [0.1, 0.15) is 15.9 Å². The van der Waals surface area contributed by atoms with E-state index in [0.717, 1.165) is 18.4 Å². The number of hydrogen-bond donors (Lipinski definition) is 0. The summed E-state index contributed by atoms with van der Waals surface area (Å²) in [5.41, 5.74) is -0.468. The normalized spacial score (nSPS) is 10.4. The molecule has 16 heavy (non-hydrogen) atoms. The van der Waals surface area contributed by atoms with E-state index in [9.17, 15) is 13.6 Å². The second-order valence-corrected chi connectivity index (χ2v) is 4.00. The molecular weight excluding hydrogens is 282 g/mol. The Morgan fingerprint density at radius 3 is 2.38 bits per heavy atom. The quantitative estimate of drug-likeness (QED) is 0.791. The van der Waals surface area contributed by atoms with Crippen molar-refractivity contribution < 1.29 is 18.0 Å². The molecule has 2 rings (SSSR count). The van der Waals surface area contributed by atoms with Gasteiger partial charge < -0.3 is 4.42 Å². The minimum atomic E-state index is -0.905. The van der Waals surface area contributed by atoms with E-state index in [1.54, 1.807) is 0 Å². The Morgan fingerprint density at radius 2 is 1.88 bits per heavy atom. The van der Waals surface area contributed by atoms with Crippen molar-refractivity contribution in [1.82, 2.24) is 0 Å². The molecule has 0 aliphatic carbocycles. The molecular formula is C11H5BrF2O2. The fraction of sp³-hybridized carbons (Fsp3) is 0. The van der Waals surface area contributed by atoms with Gasteiger partial charge in [-0.05, 0) is 18.2 Å². The molecule has 2 aromatic rings. The van der Waals surface area contributed by atoms with Gasteiger partial charge in [-0.1, -0.05) is 15.9 Å². The van der Waals surface area contributed by atoms with Crippen molar-refractivity contribution >= 4 is 21.7 Å². The number of carbonyl (C=O) groups is 1. The molecule has 0 fully saturated rings. The fourth-order valence-corrected chi connectivity index (χ4v) is 1.70. The second kappa shape index (κ2) is 4.17. The average molecular weight is 287 g/mol. The van der Waals surface area contributed by atoms with Crippen LogP contribution in [0.5, 0.6) is 0 Å². The lowest BCUT2D eigenvalue weighted by molar-refractivity contribution is 0.103. The highest BCUT2D eigenvalue weighted by Gasteiger charge is 2.20. The molecule has 1 aromatic carbocycles. The van der Waals surface area contributed by atoms with E-state index in [1.807, 2.05) is 0 Å². The van der Waals surface area contributed by atoms with Gasteiger partial charge in [0, 0.05) is 4.47 Å². The molecule has 0 radical (unpaired) electrons. The van der Waals surface area contributed by atoms with Crippen LogP contribution < -0.4 is 0 Å². The number of benzene rings is 1. The molecule has 0 N–H and O–H groups in total. The van der Waals surface area contributed by atoms with Gasteiger partial charge in [0.2, 0.25) is 5.78 Å². The van der Waals surface area contributed by atoms with Crippen LogP contribution in [0, 0.1) is 11.6 Å². The molecule has 2 nitrogen and oxygen atoms in total. The summed E-state index contributed by atoms with van der Waals surface area (Å²) in [6.07, 6.45) is 2.41. The van der Waals surface area contributed by atoms with E-state index in [1.165, 1.54) is 12.3 Å². The highest BCUT2D eigenvalue weighted by molar-refractivity contribution is 9.10. The summed E-state index contributed by atoms with van der Waals surface area (Å²) >= 11 is 2.94. The maximum atomic E-state index is 13.4. The molecule has 0 amide bonds. The van der Waals surface area contributed by atoms with Crippen molar-refractivity contribution in [2.75, 3.05) is 0 Å². The van der Waals surface area contributed by atoms with E-state index >= 15 is 0 Å². The number of halogens is 3. The van der Waals surface area contributed by atoms with Gasteiger partial charge in [-0.25, -0.2) is 8.78 Å². The van der Waals surface area contributed by atoms with E-state index in [0.29, 0.717) is 0 Å². The van der Waals surface area contributed by atoms with Gasteiger partial charge in [0.1, 0.15) is 17.9 Å². The lowest BCUT2D eigenvalue weighted by Crippen LogP contribution is -2.06. The summed E-state index contributed by atoms with van der Waals surface area (Å²) in [4.78, 5) is 11.7. The van der Waals surface area contributed by atoms with Crippen molar-refractivity contribution in [3.8, 4) is 0 Å². The first-order chi connectivity index (χ1) is 7.59. The van der Waals surface area contributed by atoms with Gasteiger partial charge in [-0.15, -0.1) is 0 Å². The van der Waals surface area contributed by atoms with Crippen LogP contribution in [-0.4, -0.2) is 5.78 Å². The van der Waals surface area contributed by atoms with E-state index in [-0.39, 0.29) is 10.0 Å². The Labute approximate surface area is 98.0 Å². The molecule has 82 valence electrons. The summed E-state index contributed by atoms with van der Waals surface area (Å²) in [6.45, 7) is 0. The fourth-order valence-electron chi connectivity index (χ4n) is 1.30. The Bertz CT molecular complexity index is 512. The number of rotatable bonds is 2. The minimum Gasteiger partial charge on any atom is -0.472 e. The Hall–Kier alpha value is -1.49. The third-order valence-electron chi connectivity index (χ3n) is 2.02. The molecule has 0 unspecified atom stereocenters. The molecule has 1 heterocycles. The van der Waals surface area contributed by atoms with Gasteiger partial charge in [0.25, 0.3) is 0 Å². The predicted molar refractivity (Wildman–Crippen MR) is 56.2 cm³/mol. The van der Waals surface area contributed by atoms with Gasteiger partial charge >= 0.3 is 0 Å². The van der Waals surface area contributed by atoms with E-state index in [4.69, 9.17) is 0 Å². The zero-order valence-electron chi connectivity index (χ0n) is 7.84. The summed E-state index contributed by atoms with van der Waals surface area (Å²) in [6, 6.07) is 3.43. The van der Waals surface area contributed by atoms with Crippen molar-refractivity contribution in [1.29, 1.82) is 0 Å². The lowest BCUT2D eigenvalue weighted by atomic mass is 10.1. The van der Waals surface area contributed by atoms with E-state index in [2.05, 4.69) is 20.3 Å². The van der Waals surface area contributed by atoms with Gasteiger partial charge in [-0.2, -0.15) is 0 Å². The summed E-state index contributed by atoms with van der Waals surface area (Å²) in [5.74, 6) is -2.55. The third kappa shape index (κ3) is 1.90. The molecule has 0 spiro atoms. The van der Waals surface area contributed by atoms with Gasteiger partial charge in [0.15, 0.2) is 0 Å². The Balaban J connectivity index is 2.53. The smallest absolute Gasteiger partial charge is 0.202 e. The number of ketones is 1. The van der Waals surface area contributed by atoms with Crippen LogP contribution in [0.15, 0.2) is 39.6 Å². The maximum Gasteiger partial charge on any atom is 0.202 e. The molecule has 1 aromatic heterocycles. The number of hydrogen-bond acceptors (Lipinski definition) is 2. The summed E-state index contributed by atoms with van der Waals surface area (Å²) < 4.78 is 31.8. The predicted octanol–water partition coefficient (Wildman–Crippen LogP) is 3.55. The molecule has 0 saturated heterocycles. The largest absolute Gasteiger partial charge is 0.472 e. The molecule has 0 aliphatic heterocycles. The van der Waals surface area contributed by atoms with Crippen LogP contribution in [0.3, 0.4) is 0 Å². The standard InChI is InChI=1S/C11H5BrF2O2/c12-7-3-8(13)10(9(14)4-7)11(15)6-1-2-16-5-6/h1-5H. The second-order valence-electron chi connectivity index (χ2n) is 3.09. The summed E-state index contributed by atoms with van der Waals surface area (Å²) in [7, 11) is 0. The maximum absolute atomic E-state index is 13.4. The third-order valence-corrected chi connectivity index (χ3v) is 2.48. The number of carbonyl (C=O) groups excluding carboxylic acids is 1. The van der Waals surface area contributed by atoms with Crippen LogP contribution >= 0.6 is 15.9 Å². The van der Waals surface area contributed by atoms with Crippen LogP contribution in [0.25, 0.3) is 0 Å². The van der Waals surface area contributed by atoms with Crippen molar-refractivity contribution in [2.24, 2.45) is 0 Å². The molecule has 0 aliphatic rings. The van der Waals surface area contributed by atoms with Gasteiger partial charge in [0.05, 0.1) is 17.4 Å². The zero-order valence-corrected chi connectivity index (χ0v) is 9.42. The van der Waals surface area contributed by atoms with E-state index < -0.39 is 23.0 Å². The van der Waals surface area contributed by atoms with Crippen LogP contribution in [0.2, 0.25) is 0 Å². The Morgan fingerprint density at radius 1 is 1.25 bits per heavy atom. The number of furan rings is 1. The SMILES string of the molecule is O=C(c1ccoc1)c1c(F)cc(Br)cc1F. The van der Waals surface area contributed by atoms with Gasteiger partial charge in [-0.3, -0.25) is 4.79 Å². The molecule has 0 bridgehead atoms. The molecule has 0 atom stereocenters. The Kier molecular flexibility index (Phi) is 2.87. The lowest BCUT2D eigenvalue weighted by Gasteiger charge is -2.02. The van der Waals surface area contributed by atoms with Crippen molar-refractivity contribution in [2.45, 2.75) is 0 Å². The van der Waals surface area contributed by atoms with Crippen molar-refractivity contribution in [3.63, 3.8) is 0 Å². The highest BCUT2D eigenvalue weighted by Crippen LogP contribution is 2.22. The van der Waals surface area contributed by atoms with Crippen LogP contribution in [0.4, 0.5) is 8.78 Å².